The maximum atomic E-state index is 5.90. The summed E-state index contributed by atoms with van der Waals surface area (Å²) in [5.41, 5.74) is 9.06. The van der Waals surface area contributed by atoms with Crippen molar-refractivity contribution in [1.82, 2.24) is 9.97 Å². The third-order valence-electron chi connectivity index (χ3n) is 2.87. The summed E-state index contributed by atoms with van der Waals surface area (Å²) < 4.78 is 5.88. The number of anilines is 1. The van der Waals surface area contributed by atoms with Crippen molar-refractivity contribution in [2.24, 2.45) is 0 Å². The molecule has 0 radical (unpaired) electrons. The van der Waals surface area contributed by atoms with Crippen LogP contribution in [0.3, 0.4) is 0 Å². The van der Waals surface area contributed by atoms with Gasteiger partial charge in [0.2, 0.25) is 5.88 Å². The van der Waals surface area contributed by atoms with E-state index in [1.165, 1.54) is 6.33 Å². The minimum absolute atomic E-state index is 0.210. The van der Waals surface area contributed by atoms with Gasteiger partial charge in [0.1, 0.15) is 17.9 Å². The minimum Gasteiger partial charge on any atom is -0.439 e. The lowest BCUT2D eigenvalue weighted by atomic mass is 10.1. The van der Waals surface area contributed by atoms with Crippen LogP contribution in [-0.4, -0.2) is 9.97 Å². The zero-order chi connectivity index (χ0) is 14.0. The summed E-state index contributed by atoms with van der Waals surface area (Å²) in [6.45, 7) is 8.17. The number of hydrogen-bond donors (Lipinski definition) is 1. The molecule has 4 nitrogen and oxygen atoms in total. The zero-order valence-electron chi connectivity index (χ0n) is 11.8. The lowest BCUT2D eigenvalue weighted by molar-refractivity contribution is 0.451. The van der Waals surface area contributed by atoms with Gasteiger partial charge in [0.05, 0.1) is 5.56 Å². The first-order chi connectivity index (χ1) is 8.97. The molecule has 2 aromatic rings. The highest BCUT2D eigenvalue weighted by molar-refractivity contribution is 5.48. The number of aryl methyl sites for hydroxylation is 2. The first-order valence-electron chi connectivity index (χ1n) is 6.34. The summed E-state index contributed by atoms with van der Waals surface area (Å²) in [4.78, 5) is 8.23. The molecule has 0 amide bonds. The van der Waals surface area contributed by atoms with E-state index < -0.39 is 0 Å². The quantitative estimate of drug-likeness (QED) is 0.912. The largest absolute Gasteiger partial charge is 0.439 e. The van der Waals surface area contributed by atoms with Gasteiger partial charge in [-0.15, -0.1) is 0 Å². The van der Waals surface area contributed by atoms with Crippen LogP contribution >= 0.6 is 0 Å². The van der Waals surface area contributed by atoms with Crippen LogP contribution in [0.25, 0.3) is 0 Å². The summed E-state index contributed by atoms with van der Waals surface area (Å²) in [5.74, 6) is 2.00. The monoisotopic (exact) mass is 257 g/mol. The summed E-state index contributed by atoms with van der Waals surface area (Å²) in [7, 11) is 0. The first-order valence-corrected chi connectivity index (χ1v) is 6.34. The Bertz CT molecular complexity index is 574. The Morgan fingerprint density at radius 3 is 2.26 bits per heavy atom. The highest BCUT2D eigenvalue weighted by atomic mass is 16.5. The highest BCUT2D eigenvalue weighted by Gasteiger charge is 2.15. The van der Waals surface area contributed by atoms with Crippen LogP contribution < -0.4 is 10.5 Å². The molecule has 0 spiro atoms. The number of aromatic nitrogens is 2. The fraction of sp³-hybridized carbons (Fsp3) is 0.333. The van der Waals surface area contributed by atoms with Gasteiger partial charge in [-0.1, -0.05) is 19.9 Å². The second kappa shape index (κ2) is 5.26. The SMILES string of the molecule is Cc1cc(C)cc(Oc2ncnc(N)c2C(C)C)c1. The molecule has 19 heavy (non-hydrogen) atoms. The average Bonchev–Trinajstić information content (AvgIpc) is 2.26. The number of ether oxygens (including phenoxy) is 1. The van der Waals surface area contributed by atoms with E-state index in [-0.39, 0.29) is 5.92 Å². The molecule has 0 saturated heterocycles. The number of nitrogens with two attached hydrogens (primary N) is 1. The standard InChI is InChI=1S/C15H19N3O/c1-9(2)13-14(16)17-8-18-15(13)19-12-6-10(3)5-11(4)7-12/h5-9H,1-4H3,(H2,16,17,18). The Hall–Kier alpha value is -2.10. The van der Waals surface area contributed by atoms with Crippen molar-refractivity contribution in [3.8, 4) is 11.6 Å². The Balaban J connectivity index is 2.40. The third kappa shape index (κ3) is 3.02. The molecule has 1 heterocycles. The predicted molar refractivity (Wildman–Crippen MR) is 76.5 cm³/mol. The highest BCUT2D eigenvalue weighted by Crippen LogP contribution is 2.32. The molecule has 0 fully saturated rings. The molecule has 0 unspecified atom stereocenters. The maximum Gasteiger partial charge on any atom is 0.227 e. The van der Waals surface area contributed by atoms with Crippen LogP contribution in [0.2, 0.25) is 0 Å². The van der Waals surface area contributed by atoms with Crippen LogP contribution in [0.5, 0.6) is 11.6 Å². The van der Waals surface area contributed by atoms with Crippen LogP contribution in [0.4, 0.5) is 5.82 Å². The fourth-order valence-corrected chi connectivity index (χ4v) is 2.12. The van der Waals surface area contributed by atoms with Crippen molar-refractivity contribution in [3.05, 3.63) is 41.2 Å². The zero-order valence-corrected chi connectivity index (χ0v) is 11.8. The van der Waals surface area contributed by atoms with E-state index in [1.807, 2.05) is 39.8 Å². The van der Waals surface area contributed by atoms with Crippen molar-refractivity contribution in [2.75, 3.05) is 5.73 Å². The molecule has 0 aliphatic heterocycles. The van der Waals surface area contributed by atoms with Crippen molar-refractivity contribution in [3.63, 3.8) is 0 Å². The molecule has 0 aliphatic carbocycles. The fourth-order valence-electron chi connectivity index (χ4n) is 2.12. The van der Waals surface area contributed by atoms with Gasteiger partial charge in [-0.25, -0.2) is 9.97 Å². The van der Waals surface area contributed by atoms with E-state index in [0.29, 0.717) is 11.7 Å². The van der Waals surface area contributed by atoms with Gasteiger partial charge in [-0.2, -0.15) is 0 Å². The second-order valence-corrected chi connectivity index (χ2v) is 5.06. The number of nitrogens with zero attached hydrogens (tertiary/aromatic N) is 2. The normalized spacial score (nSPS) is 10.8. The molecule has 2 N–H and O–H groups in total. The molecule has 0 aliphatic rings. The van der Waals surface area contributed by atoms with E-state index >= 15 is 0 Å². The lowest BCUT2D eigenvalue weighted by Crippen LogP contribution is -2.04. The Labute approximate surface area is 113 Å². The average molecular weight is 257 g/mol. The van der Waals surface area contributed by atoms with Crippen molar-refractivity contribution in [2.45, 2.75) is 33.6 Å². The first kappa shape index (κ1) is 13.3. The van der Waals surface area contributed by atoms with E-state index in [4.69, 9.17) is 10.5 Å². The number of hydrogen-bond acceptors (Lipinski definition) is 4. The van der Waals surface area contributed by atoms with Gasteiger partial charge in [0, 0.05) is 0 Å². The molecule has 0 atom stereocenters. The number of benzene rings is 1. The smallest absolute Gasteiger partial charge is 0.227 e. The lowest BCUT2D eigenvalue weighted by Gasteiger charge is -2.14. The molecular formula is C15H19N3O. The summed E-state index contributed by atoms with van der Waals surface area (Å²) in [6, 6.07) is 6.06. The van der Waals surface area contributed by atoms with Crippen LogP contribution in [0.1, 0.15) is 36.5 Å². The topological polar surface area (TPSA) is 61.0 Å². The Kier molecular flexibility index (Phi) is 3.69. The molecule has 0 saturated carbocycles. The second-order valence-electron chi connectivity index (χ2n) is 5.06. The number of nitrogen functional groups attached to an aromatic ring is 1. The summed E-state index contributed by atoms with van der Waals surface area (Å²) >= 11 is 0. The molecule has 4 heteroatoms. The van der Waals surface area contributed by atoms with E-state index in [9.17, 15) is 0 Å². The van der Waals surface area contributed by atoms with Gasteiger partial charge < -0.3 is 10.5 Å². The Morgan fingerprint density at radius 1 is 1.05 bits per heavy atom. The predicted octanol–water partition coefficient (Wildman–Crippen LogP) is 3.59. The maximum absolute atomic E-state index is 5.90. The van der Waals surface area contributed by atoms with Gasteiger partial charge in [-0.05, 0) is 43.0 Å². The van der Waals surface area contributed by atoms with Crippen LogP contribution in [0, 0.1) is 13.8 Å². The molecule has 0 bridgehead atoms. The van der Waals surface area contributed by atoms with Crippen molar-refractivity contribution in [1.29, 1.82) is 0 Å². The van der Waals surface area contributed by atoms with E-state index in [0.717, 1.165) is 22.4 Å². The Morgan fingerprint density at radius 2 is 1.68 bits per heavy atom. The van der Waals surface area contributed by atoms with Crippen molar-refractivity contribution < 1.29 is 4.74 Å². The summed E-state index contributed by atoms with van der Waals surface area (Å²) in [6.07, 6.45) is 1.43. The minimum atomic E-state index is 0.210. The molecule has 100 valence electrons. The van der Waals surface area contributed by atoms with Gasteiger partial charge in [0.15, 0.2) is 0 Å². The molecule has 2 rings (SSSR count). The van der Waals surface area contributed by atoms with Crippen molar-refractivity contribution >= 4 is 5.82 Å². The van der Waals surface area contributed by atoms with Gasteiger partial charge >= 0.3 is 0 Å². The van der Waals surface area contributed by atoms with Crippen LogP contribution in [0.15, 0.2) is 24.5 Å². The number of rotatable bonds is 3. The summed E-state index contributed by atoms with van der Waals surface area (Å²) in [5, 5.41) is 0. The van der Waals surface area contributed by atoms with Crippen LogP contribution in [-0.2, 0) is 0 Å². The third-order valence-corrected chi connectivity index (χ3v) is 2.87. The van der Waals surface area contributed by atoms with Gasteiger partial charge in [0.25, 0.3) is 0 Å². The molecule has 1 aromatic carbocycles. The van der Waals surface area contributed by atoms with Gasteiger partial charge in [-0.3, -0.25) is 0 Å². The molecule has 1 aromatic heterocycles. The molecular weight excluding hydrogens is 238 g/mol. The van der Waals surface area contributed by atoms with E-state index in [2.05, 4.69) is 16.0 Å². The van der Waals surface area contributed by atoms with E-state index in [1.54, 1.807) is 0 Å².